The molecular formula is C16H28N4O2S. The lowest BCUT2D eigenvalue weighted by atomic mass is 9.96. The first-order valence-electron chi connectivity index (χ1n) is 8.63. The summed E-state index contributed by atoms with van der Waals surface area (Å²) in [6.07, 6.45) is 3.72. The average molecular weight is 340 g/mol. The van der Waals surface area contributed by atoms with Crippen LogP contribution in [-0.2, 0) is 16.1 Å². The van der Waals surface area contributed by atoms with Gasteiger partial charge in [0, 0.05) is 32.2 Å². The quantitative estimate of drug-likeness (QED) is 0.612. The third-order valence-corrected chi connectivity index (χ3v) is 4.73. The Morgan fingerprint density at radius 3 is 3.00 bits per heavy atom. The number of H-pyrrole nitrogens is 1. The number of hydrogen-bond donors (Lipinski definition) is 1. The van der Waals surface area contributed by atoms with Crippen molar-refractivity contribution in [2.45, 2.75) is 65.0 Å². The number of carbonyl (C=O) groups excluding carboxylic acids is 1. The first-order chi connectivity index (χ1) is 11.1. The standard InChI is InChI=1S/C16H28N4O2S/c1-4-6-10-22-12(3)15(21)19-9-7-8-13(11-19)14-17-18-16(23)20(14)5-2/h12-13H,4-11H2,1-3H3,(H,18,23)/t12-,13+/m1/s1. The summed E-state index contributed by atoms with van der Waals surface area (Å²) in [4.78, 5) is 14.5. The second-order valence-electron chi connectivity index (χ2n) is 6.12. The van der Waals surface area contributed by atoms with E-state index in [1.807, 2.05) is 16.4 Å². The number of nitrogens with zero attached hydrogens (tertiary/aromatic N) is 3. The van der Waals surface area contributed by atoms with Crippen LogP contribution in [0.3, 0.4) is 0 Å². The largest absolute Gasteiger partial charge is 0.369 e. The molecule has 2 rings (SSSR count). The zero-order valence-electron chi connectivity index (χ0n) is 14.4. The Morgan fingerprint density at radius 1 is 1.52 bits per heavy atom. The molecule has 0 aromatic carbocycles. The fourth-order valence-electron chi connectivity index (χ4n) is 3.07. The molecule has 6 nitrogen and oxygen atoms in total. The number of nitrogens with one attached hydrogen (secondary N) is 1. The number of ether oxygens (including phenoxy) is 1. The molecule has 23 heavy (non-hydrogen) atoms. The molecule has 1 aliphatic rings. The lowest BCUT2D eigenvalue weighted by molar-refractivity contribution is -0.144. The van der Waals surface area contributed by atoms with Gasteiger partial charge in [-0.3, -0.25) is 9.89 Å². The van der Waals surface area contributed by atoms with Crippen LogP contribution in [0.15, 0.2) is 0 Å². The van der Waals surface area contributed by atoms with Crippen LogP contribution in [0.25, 0.3) is 0 Å². The molecule has 1 N–H and O–H groups in total. The molecule has 1 aromatic rings. The zero-order valence-corrected chi connectivity index (χ0v) is 15.2. The molecule has 0 saturated carbocycles. The smallest absolute Gasteiger partial charge is 0.251 e. The highest BCUT2D eigenvalue weighted by atomic mass is 32.1. The molecule has 1 saturated heterocycles. The van der Waals surface area contributed by atoms with Gasteiger partial charge in [-0.15, -0.1) is 0 Å². The van der Waals surface area contributed by atoms with Crippen molar-refractivity contribution in [3.63, 3.8) is 0 Å². The van der Waals surface area contributed by atoms with Crippen molar-refractivity contribution in [2.75, 3.05) is 19.7 Å². The van der Waals surface area contributed by atoms with E-state index in [1.165, 1.54) is 0 Å². The van der Waals surface area contributed by atoms with Crippen molar-refractivity contribution < 1.29 is 9.53 Å². The number of carbonyl (C=O) groups is 1. The van der Waals surface area contributed by atoms with Crippen LogP contribution in [0.1, 0.15) is 58.2 Å². The number of likely N-dealkylation sites (tertiary alicyclic amines) is 1. The van der Waals surface area contributed by atoms with E-state index in [0.29, 0.717) is 17.9 Å². The van der Waals surface area contributed by atoms with E-state index in [-0.39, 0.29) is 17.9 Å². The highest BCUT2D eigenvalue weighted by Crippen LogP contribution is 2.26. The van der Waals surface area contributed by atoms with Crippen LogP contribution in [0.5, 0.6) is 0 Å². The molecule has 0 radical (unpaired) electrons. The zero-order chi connectivity index (χ0) is 16.8. The Kier molecular flexibility index (Phi) is 6.77. The number of hydrogen-bond acceptors (Lipinski definition) is 4. The van der Waals surface area contributed by atoms with Crippen LogP contribution in [-0.4, -0.2) is 51.4 Å². The number of amides is 1. The van der Waals surface area contributed by atoms with Crippen molar-refractivity contribution in [3.05, 3.63) is 10.6 Å². The maximum absolute atomic E-state index is 12.6. The van der Waals surface area contributed by atoms with Crippen LogP contribution in [0.2, 0.25) is 0 Å². The molecule has 1 aliphatic heterocycles. The van der Waals surface area contributed by atoms with Crippen molar-refractivity contribution in [1.82, 2.24) is 19.7 Å². The monoisotopic (exact) mass is 340 g/mol. The molecule has 0 bridgehead atoms. The Balaban J connectivity index is 2.00. The van der Waals surface area contributed by atoms with Gasteiger partial charge in [0.15, 0.2) is 4.77 Å². The Labute approximate surface area is 143 Å². The second-order valence-corrected chi connectivity index (χ2v) is 6.51. The summed E-state index contributed by atoms with van der Waals surface area (Å²) in [5.74, 6) is 1.29. The maximum Gasteiger partial charge on any atom is 0.251 e. The summed E-state index contributed by atoms with van der Waals surface area (Å²) in [5.41, 5.74) is 0. The molecule has 1 aromatic heterocycles. The molecule has 0 spiro atoms. The van der Waals surface area contributed by atoms with E-state index < -0.39 is 0 Å². The maximum atomic E-state index is 12.6. The van der Waals surface area contributed by atoms with E-state index in [1.54, 1.807) is 0 Å². The minimum Gasteiger partial charge on any atom is -0.369 e. The van der Waals surface area contributed by atoms with Gasteiger partial charge >= 0.3 is 0 Å². The summed E-state index contributed by atoms with van der Waals surface area (Å²) >= 11 is 5.27. The van der Waals surface area contributed by atoms with Crippen molar-refractivity contribution in [1.29, 1.82) is 0 Å². The number of unbranched alkanes of at least 4 members (excludes halogenated alkanes) is 1. The van der Waals surface area contributed by atoms with Crippen LogP contribution < -0.4 is 0 Å². The lowest BCUT2D eigenvalue weighted by Crippen LogP contribution is -2.44. The molecule has 2 atom stereocenters. The molecule has 0 unspecified atom stereocenters. The van der Waals surface area contributed by atoms with Gasteiger partial charge in [-0.2, -0.15) is 5.10 Å². The molecule has 130 valence electrons. The van der Waals surface area contributed by atoms with E-state index in [9.17, 15) is 4.79 Å². The fraction of sp³-hybridized carbons (Fsp3) is 0.812. The molecule has 2 heterocycles. The fourth-order valence-corrected chi connectivity index (χ4v) is 3.34. The normalized spacial score (nSPS) is 19.8. The summed E-state index contributed by atoms with van der Waals surface area (Å²) in [7, 11) is 0. The van der Waals surface area contributed by atoms with Crippen molar-refractivity contribution >= 4 is 18.1 Å². The summed E-state index contributed by atoms with van der Waals surface area (Å²) in [6, 6.07) is 0. The lowest BCUT2D eigenvalue weighted by Gasteiger charge is -2.33. The topological polar surface area (TPSA) is 63.1 Å². The van der Waals surface area contributed by atoms with Crippen molar-refractivity contribution in [2.24, 2.45) is 0 Å². The van der Waals surface area contributed by atoms with E-state index in [4.69, 9.17) is 17.0 Å². The van der Waals surface area contributed by atoms with Crippen LogP contribution in [0, 0.1) is 4.77 Å². The predicted molar refractivity (Wildman–Crippen MR) is 92.0 cm³/mol. The summed E-state index contributed by atoms with van der Waals surface area (Å²) < 4.78 is 8.33. The minimum absolute atomic E-state index is 0.0861. The SMILES string of the molecule is CCCCO[C@H](C)C(=O)N1CCC[C@H](c2n[nH]c(=S)n2CC)C1. The van der Waals surface area contributed by atoms with E-state index >= 15 is 0 Å². The van der Waals surface area contributed by atoms with Gasteiger partial charge in [-0.1, -0.05) is 13.3 Å². The number of piperidine rings is 1. The Hall–Kier alpha value is -1.21. The van der Waals surface area contributed by atoms with Crippen molar-refractivity contribution in [3.8, 4) is 0 Å². The molecule has 1 fully saturated rings. The number of rotatable bonds is 7. The number of aromatic nitrogens is 3. The highest BCUT2D eigenvalue weighted by Gasteiger charge is 2.30. The van der Waals surface area contributed by atoms with E-state index in [0.717, 1.165) is 44.6 Å². The third kappa shape index (κ3) is 4.41. The van der Waals surface area contributed by atoms with Gasteiger partial charge in [0.25, 0.3) is 5.91 Å². The summed E-state index contributed by atoms with van der Waals surface area (Å²) in [6.45, 7) is 8.97. The van der Waals surface area contributed by atoms with Gasteiger partial charge < -0.3 is 14.2 Å². The van der Waals surface area contributed by atoms with Gasteiger partial charge in [0.1, 0.15) is 11.9 Å². The van der Waals surface area contributed by atoms with Gasteiger partial charge in [-0.25, -0.2) is 0 Å². The van der Waals surface area contributed by atoms with Gasteiger partial charge in [0.05, 0.1) is 0 Å². The minimum atomic E-state index is -0.368. The average Bonchev–Trinajstić information content (AvgIpc) is 2.95. The Morgan fingerprint density at radius 2 is 2.30 bits per heavy atom. The molecule has 7 heteroatoms. The molecule has 1 amide bonds. The Bertz CT molecular complexity index is 569. The van der Waals surface area contributed by atoms with Crippen LogP contribution >= 0.6 is 12.2 Å². The third-order valence-electron chi connectivity index (χ3n) is 4.42. The first-order valence-corrected chi connectivity index (χ1v) is 9.04. The predicted octanol–water partition coefficient (Wildman–Crippen LogP) is 2.87. The first kappa shape index (κ1) is 18.1. The second kappa shape index (κ2) is 8.59. The number of aromatic amines is 1. The molecule has 0 aliphatic carbocycles. The summed E-state index contributed by atoms with van der Waals surface area (Å²) in [5, 5.41) is 7.26. The van der Waals surface area contributed by atoms with Gasteiger partial charge in [0.2, 0.25) is 0 Å². The van der Waals surface area contributed by atoms with E-state index in [2.05, 4.69) is 24.0 Å². The van der Waals surface area contributed by atoms with Crippen LogP contribution in [0.4, 0.5) is 0 Å². The van der Waals surface area contributed by atoms with Gasteiger partial charge in [-0.05, 0) is 45.3 Å². The highest BCUT2D eigenvalue weighted by molar-refractivity contribution is 7.71. The molecular weight excluding hydrogens is 312 g/mol.